The highest BCUT2D eigenvalue weighted by atomic mass is 35.5. The number of anilines is 1. The van der Waals surface area contributed by atoms with Crippen molar-refractivity contribution < 1.29 is 14.3 Å². The zero-order chi connectivity index (χ0) is 19.8. The van der Waals surface area contributed by atoms with Crippen LogP contribution >= 0.6 is 22.9 Å². The van der Waals surface area contributed by atoms with Crippen molar-refractivity contribution in [2.75, 3.05) is 11.9 Å². The molecular weight excluding hydrogens is 400 g/mol. The van der Waals surface area contributed by atoms with E-state index >= 15 is 0 Å². The fourth-order valence-corrected chi connectivity index (χ4v) is 3.00. The van der Waals surface area contributed by atoms with Crippen LogP contribution in [0.3, 0.4) is 0 Å². The number of carbonyl (C=O) groups is 2. The minimum Gasteiger partial charge on any atom is -0.486 e. The monoisotopic (exact) mass is 416 g/mol. The van der Waals surface area contributed by atoms with E-state index in [1.807, 2.05) is 6.07 Å². The molecule has 0 saturated heterocycles. The Bertz CT molecular complexity index is 932. The molecule has 2 N–H and O–H groups in total. The average molecular weight is 417 g/mol. The smallest absolute Gasteiger partial charge is 0.251 e. The molecule has 0 aliphatic rings. The minimum atomic E-state index is -0.255. The molecule has 0 spiro atoms. The molecule has 0 aliphatic heterocycles. The van der Waals surface area contributed by atoms with Gasteiger partial charge >= 0.3 is 0 Å². The second-order valence-electron chi connectivity index (χ2n) is 5.66. The number of nitrogens with zero attached hydrogens (tertiary/aromatic N) is 2. The maximum Gasteiger partial charge on any atom is 0.251 e. The molecule has 144 valence electrons. The summed E-state index contributed by atoms with van der Waals surface area (Å²) in [7, 11) is 0. The lowest BCUT2D eigenvalue weighted by molar-refractivity contribution is -0.116. The van der Waals surface area contributed by atoms with Crippen LogP contribution < -0.4 is 15.4 Å². The number of carbonyl (C=O) groups excluding carboxylic acids is 2. The first-order valence-corrected chi connectivity index (χ1v) is 9.63. The van der Waals surface area contributed by atoms with Crippen LogP contribution in [0.5, 0.6) is 5.75 Å². The van der Waals surface area contributed by atoms with Crippen LogP contribution in [0.4, 0.5) is 5.13 Å². The van der Waals surface area contributed by atoms with Gasteiger partial charge in [0.1, 0.15) is 12.4 Å². The number of benzene rings is 2. The molecular formula is C19H17ClN4O3S. The van der Waals surface area contributed by atoms with E-state index in [0.29, 0.717) is 26.5 Å². The zero-order valence-corrected chi connectivity index (χ0v) is 16.3. The first kappa shape index (κ1) is 19.8. The summed E-state index contributed by atoms with van der Waals surface area (Å²) in [4.78, 5) is 23.9. The van der Waals surface area contributed by atoms with Gasteiger partial charge in [-0.3, -0.25) is 9.59 Å². The Hall–Kier alpha value is -2.97. The largest absolute Gasteiger partial charge is 0.486 e. The fraction of sp³-hybridized carbons (Fsp3) is 0.158. The van der Waals surface area contributed by atoms with Gasteiger partial charge in [0.2, 0.25) is 11.0 Å². The summed E-state index contributed by atoms with van der Waals surface area (Å²) in [5.41, 5.74) is 0.553. The van der Waals surface area contributed by atoms with Crippen molar-refractivity contribution in [3.63, 3.8) is 0 Å². The molecule has 9 heteroatoms. The Morgan fingerprint density at radius 3 is 2.54 bits per heavy atom. The van der Waals surface area contributed by atoms with Crippen LogP contribution in [0.2, 0.25) is 5.02 Å². The summed E-state index contributed by atoms with van der Waals surface area (Å²) in [6.07, 6.45) is 0.134. The molecule has 28 heavy (non-hydrogen) atoms. The molecule has 3 aromatic rings. The van der Waals surface area contributed by atoms with E-state index in [2.05, 4.69) is 20.8 Å². The van der Waals surface area contributed by atoms with Gasteiger partial charge in [-0.2, -0.15) is 0 Å². The number of hydrogen-bond donors (Lipinski definition) is 2. The van der Waals surface area contributed by atoms with Crippen molar-refractivity contribution in [3.05, 3.63) is 70.2 Å². The lowest BCUT2D eigenvalue weighted by Crippen LogP contribution is -2.27. The number of aromatic nitrogens is 2. The van der Waals surface area contributed by atoms with Gasteiger partial charge in [-0.25, -0.2) is 0 Å². The lowest BCUT2D eigenvalue weighted by Gasteiger charge is -2.05. The van der Waals surface area contributed by atoms with Gasteiger partial charge in [0.25, 0.3) is 5.91 Å². The Balaban J connectivity index is 1.40. The van der Waals surface area contributed by atoms with Crippen LogP contribution in [-0.2, 0) is 11.4 Å². The van der Waals surface area contributed by atoms with Crippen molar-refractivity contribution >= 4 is 39.9 Å². The molecule has 0 atom stereocenters. The van der Waals surface area contributed by atoms with Gasteiger partial charge in [-0.15, -0.1) is 10.2 Å². The summed E-state index contributed by atoms with van der Waals surface area (Å²) >= 11 is 7.05. The lowest BCUT2D eigenvalue weighted by atomic mass is 10.2. The van der Waals surface area contributed by atoms with E-state index in [-0.39, 0.29) is 31.4 Å². The molecule has 2 amide bonds. The summed E-state index contributed by atoms with van der Waals surface area (Å²) in [6, 6.07) is 15.8. The average Bonchev–Trinajstić information content (AvgIpc) is 3.15. The van der Waals surface area contributed by atoms with Gasteiger partial charge in [-0.1, -0.05) is 41.1 Å². The van der Waals surface area contributed by atoms with E-state index in [1.54, 1.807) is 48.5 Å². The Morgan fingerprint density at radius 2 is 1.79 bits per heavy atom. The van der Waals surface area contributed by atoms with Crippen LogP contribution in [0.15, 0.2) is 54.6 Å². The van der Waals surface area contributed by atoms with E-state index in [1.165, 1.54) is 11.3 Å². The van der Waals surface area contributed by atoms with Crippen LogP contribution in [-0.4, -0.2) is 28.6 Å². The van der Waals surface area contributed by atoms with Gasteiger partial charge in [0.05, 0.1) is 0 Å². The van der Waals surface area contributed by atoms with E-state index < -0.39 is 0 Å². The zero-order valence-electron chi connectivity index (χ0n) is 14.7. The number of nitrogens with one attached hydrogen (secondary N) is 2. The third-order valence-electron chi connectivity index (χ3n) is 3.56. The molecule has 1 heterocycles. The molecule has 7 nitrogen and oxygen atoms in total. The normalized spacial score (nSPS) is 10.3. The summed E-state index contributed by atoms with van der Waals surface area (Å²) in [5.74, 6) is 0.194. The number of halogens is 1. The molecule has 0 saturated carbocycles. The van der Waals surface area contributed by atoms with Crippen LogP contribution in [0, 0.1) is 0 Å². The first-order valence-electron chi connectivity index (χ1n) is 8.44. The Morgan fingerprint density at radius 1 is 1.04 bits per heavy atom. The second-order valence-corrected chi connectivity index (χ2v) is 7.16. The molecule has 3 rings (SSSR count). The topological polar surface area (TPSA) is 93.2 Å². The van der Waals surface area contributed by atoms with Gasteiger partial charge < -0.3 is 15.4 Å². The molecule has 0 unspecified atom stereocenters. The number of amides is 2. The predicted molar refractivity (Wildman–Crippen MR) is 108 cm³/mol. The molecule has 0 bridgehead atoms. The molecule has 2 aromatic carbocycles. The SMILES string of the molecule is O=C(CCNC(=O)c1ccccc1)Nc1nnc(COc2ccc(Cl)cc2)s1. The van der Waals surface area contributed by atoms with Crippen molar-refractivity contribution in [1.82, 2.24) is 15.5 Å². The van der Waals surface area contributed by atoms with E-state index in [9.17, 15) is 9.59 Å². The Kier molecular flexibility index (Phi) is 6.94. The number of hydrogen-bond acceptors (Lipinski definition) is 6. The molecule has 0 radical (unpaired) electrons. The number of rotatable bonds is 8. The summed E-state index contributed by atoms with van der Waals surface area (Å²) < 4.78 is 5.59. The summed E-state index contributed by atoms with van der Waals surface area (Å²) in [5, 5.41) is 14.9. The highest BCUT2D eigenvalue weighted by Crippen LogP contribution is 2.20. The third-order valence-corrected chi connectivity index (χ3v) is 4.63. The van der Waals surface area contributed by atoms with E-state index in [4.69, 9.17) is 16.3 Å². The third kappa shape index (κ3) is 6.04. The van der Waals surface area contributed by atoms with Crippen LogP contribution in [0.1, 0.15) is 21.8 Å². The van der Waals surface area contributed by atoms with E-state index in [0.717, 1.165) is 0 Å². The highest BCUT2D eigenvalue weighted by Gasteiger charge is 2.10. The maximum absolute atomic E-state index is 12.0. The van der Waals surface area contributed by atoms with Crippen molar-refractivity contribution in [2.45, 2.75) is 13.0 Å². The van der Waals surface area contributed by atoms with Crippen molar-refractivity contribution in [3.8, 4) is 5.75 Å². The fourth-order valence-electron chi connectivity index (χ4n) is 2.20. The number of ether oxygens (including phenoxy) is 1. The van der Waals surface area contributed by atoms with Crippen molar-refractivity contribution in [1.29, 1.82) is 0 Å². The van der Waals surface area contributed by atoms with Crippen molar-refractivity contribution in [2.24, 2.45) is 0 Å². The van der Waals surface area contributed by atoms with Gasteiger partial charge in [0.15, 0.2) is 5.01 Å². The Labute approximate surface area is 170 Å². The first-order chi connectivity index (χ1) is 13.6. The summed E-state index contributed by atoms with van der Waals surface area (Å²) in [6.45, 7) is 0.465. The maximum atomic E-state index is 12.0. The van der Waals surface area contributed by atoms with Gasteiger partial charge in [-0.05, 0) is 36.4 Å². The van der Waals surface area contributed by atoms with Gasteiger partial charge in [0, 0.05) is 23.6 Å². The quantitative estimate of drug-likeness (QED) is 0.586. The molecule has 0 aliphatic carbocycles. The highest BCUT2D eigenvalue weighted by molar-refractivity contribution is 7.15. The standard InChI is InChI=1S/C19H17ClN4O3S/c20-14-6-8-15(9-7-14)27-12-17-23-24-19(28-17)22-16(25)10-11-21-18(26)13-4-2-1-3-5-13/h1-9H,10-12H2,(H,21,26)(H,22,24,25). The predicted octanol–water partition coefficient (Wildman–Crippen LogP) is 3.53. The molecule has 1 aromatic heterocycles. The minimum absolute atomic E-state index is 0.134. The van der Waals surface area contributed by atoms with Crippen LogP contribution in [0.25, 0.3) is 0 Å². The second kappa shape index (κ2) is 9.82. The molecule has 0 fully saturated rings.